The predicted octanol–water partition coefficient (Wildman–Crippen LogP) is 0.945. The molecule has 3 heterocycles. The van der Waals surface area contributed by atoms with Crippen molar-refractivity contribution in [2.75, 3.05) is 16.9 Å². The highest BCUT2D eigenvalue weighted by atomic mass is 32.2. The van der Waals surface area contributed by atoms with Crippen molar-refractivity contribution < 1.29 is 4.79 Å². The van der Waals surface area contributed by atoms with Gasteiger partial charge in [0.2, 0.25) is 16.2 Å². The quantitative estimate of drug-likeness (QED) is 0.516. The molecule has 3 aromatic rings. The zero-order chi connectivity index (χ0) is 16.2. The van der Waals surface area contributed by atoms with Gasteiger partial charge in [0.25, 0.3) is 0 Å². The van der Waals surface area contributed by atoms with Gasteiger partial charge in [-0.15, -0.1) is 20.4 Å². The molecule has 0 aliphatic carbocycles. The average molecular weight is 348 g/mol. The number of hydrogen-bond donors (Lipinski definition) is 2. The molecule has 3 N–H and O–H groups in total. The average Bonchev–Trinajstić information content (AvgIpc) is 3.12. The van der Waals surface area contributed by atoms with E-state index in [0.29, 0.717) is 16.1 Å². The number of thioether (sulfide) groups is 1. The molecule has 0 saturated heterocycles. The normalized spacial score (nSPS) is 10.7. The second-order valence-electron chi connectivity index (χ2n) is 4.38. The molecule has 118 valence electrons. The van der Waals surface area contributed by atoms with Crippen LogP contribution in [0.3, 0.4) is 0 Å². The van der Waals surface area contributed by atoms with Gasteiger partial charge in [-0.05, 0) is 19.1 Å². The van der Waals surface area contributed by atoms with Crippen LogP contribution in [0.25, 0.3) is 11.4 Å². The van der Waals surface area contributed by atoms with Crippen molar-refractivity contribution in [2.45, 2.75) is 12.1 Å². The van der Waals surface area contributed by atoms with Crippen molar-refractivity contribution in [3.63, 3.8) is 0 Å². The number of amides is 1. The SMILES string of the molecule is Cc1nnc(NC(=O)CSc2nnc(-c3cccnc3)n2N)s1. The maximum Gasteiger partial charge on any atom is 0.236 e. The summed E-state index contributed by atoms with van der Waals surface area (Å²) in [6.07, 6.45) is 3.31. The lowest BCUT2D eigenvalue weighted by Crippen LogP contribution is -2.16. The van der Waals surface area contributed by atoms with E-state index in [-0.39, 0.29) is 11.7 Å². The standard InChI is InChI=1S/C12H12N8OS2/c1-7-16-18-11(23-7)15-9(21)6-22-12-19-17-10(20(12)13)8-3-2-4-14-5-8/h2-5H,6,13H2,1H3,(H,15,18,21). The van der Waals surface area contributed by atoms with Gasteiger partial charge in [-0.25, -0.2) is 4.68 Å². The highest BCUT2D eigenvalue weighted by molar-refractivity contribution is 7.99. The Kier molecular flexibility index (Phi) is 4.48. The van der Waals surface area contributed by atoms with Crippen LogP contribution in [0.15, 0.2) is 29.7 Å². The fraction of sp³-hybridized carbons (Fsp3) is 0.167. The molecular weight excluding hydrogens is 336 g/mol. The van der Waals surface area contributed by atoms with E-state index >= 15 is 0 Å². The number of hydrogen-bond acceptors (Lipinski definition) is 9. The molecule has 11 heteroatoms. The lowest BCUT2D eigenvalue weighted by atomic mass is 10.3. The van der Waals surface area contributed by atoms with Crippen LogP contribution in [-0.4, -0.2) is 41.7 Å². The zero-order valence-electron chi connectivity index (χ0n) is 12.0. The van der Waals surface area contributed by atoms with Crippen molar-refractivity contribution >= 4 is 34.1 Å². The number of aryl methyl sites for hydroxylation is 1. The molecular formula is C12H12N8OS2. The summed E-state index contributed by atoms with van der Waals surface area (Å²) in [6, 6.07) is 3.62. The Morgan fingerprint density at radius 1 is 1.39 bits per heavy atom. The molecule has 0 bridgehead atoms. The molecule has 1 amide bonds. The van der Waals surface area contributed by atoms with Crippen molar-refractivity contribution in [3.05, 3.63) is 29.5 Å². The second-order valence-corrected chi connectivity index (χ2v) is 6.51. The molecule has 0 radical (unpaired) electrons. The monoisotopic (exact) mass is 348 g/mol. The third kappa shape index (κ3) is 3.63. The van der Waals surface area contributed by atoms with Gasteiger partial charge in [-0.3, -0.25) is 15.1 Å². The fourth-order valence-corrected chi connectivity index (χ4v) is 2.96. The third-order valence-corrected chi connectivity index (χ3v) is 4.39. The Hall–Kier alpha value is -2.53. The zero-order valence-corrected chi connectivity index (χ0v) is 13.6. The number of nitrogens with one attached hydrogen (secondary N) is 1. The number of pyridine rings is 1. The summed E-state index contributed by atoms with van der Waals surface area (Å²) >= 11 is 2.50. The van der Waals surface area contributed by atoms with Crippen molar-refractivity contribution in [3.8, 4) is 11.4 Å². The molecule has 0 aromatic carbocycles. The largest absolute Gasteiger partial charge is 0.335 e. The molecule has 0 unspecified atom stereocenters. The van der Waals surface area contributed by atoms with Crippen LogP contribution in [0, 0.1) is 6.92 Å². The molecule has 3 rings (SSSR count). The van der Waals surface area contributed by atoms with Crippen LogP contribution in [0.4, 0.5) is 5.13 Å². The smallest absolute Gasteiger partial charge is 0.236 e. The van der Waals surface area contributed by atoms with Crippen LogP contribution < -0.4 is 11.2 Å². The minimum atomic E-state index is -0.211. The number of nitrogens with two attached hydrogens (primary N) is 1. The van der Waals surface area contributed by atoms with Crippen LogP contribution in [0.1, 0.15) is 5.01 Å². The first kappa shape index (κ1) is 15.4. The highest BCUT2D eigenvalue weighted by Crippen LogP contribution is 2.21. The van der Waals surface area contributed by atoms with E-state index in [4.69, 9.17) is 5.84 Å². The topological polar surface area (TPSA) is 125 Å². The van der Waals surface area contributed by atoms with Gasteiger partial charge >= 0.3 is 0 Å². The first-order valence-corrected chi connectivity index (χ1v) is 8.27. The summed E-state index contributed by atoms with van der Waals surface area (Å²) in [7, 11) is 0. The molecule has 23 heavy (non-hydrogen) atoms. The van der Waals surface area contributed by atoms with Gasteiger partial charge < -0.3 is 5.84 Å². The fourth-order valence-electron chi connectivity index (χ4n) is 1.70. The summed E-state index contributed by atoms with van der Waals surface area (Å²) in [5, 5.41) is 20.1. The number of carbonyl (C=O) groups is 1. The minimum absolute atomic E-state index is 0.140. The van der Waals surface area contributed by atoms with E-state index in [1.165, 1.54) is 27.8 Å². The Morgan fingerprint density at radius 2 is 2.26 bits per heavy atom. The van der Waals surface area contributed by atoms with E-state index in [0.717, 1.165) is 10.6 Å². The number of carbonyl (C=O) groups excluding carboxylic acids is 1. The Labute approximate surface area is 139 Å². The molecule has 0 atom stereocenters. The van der Waals surface area contributed by atoms with Crippen LogP contribution in [0.2, 0.25) is 0 Å². The number of anilines is 1. The van der Waals surface area contributed by atoms with Gasteiger partial charge in [0.05, 0.1) is 5.75 Å². The number of nitrogen functional groups attached to an aromatic ring is 1. The molecule has 0 aliphatic heterocycles. The maximum absolute atomic E-state index is 11.9. The molecule has 0 saturated carbocycles. The first-order valence-electron chi connectivity index (χ1n) is 6.47. The summed E-state index contributed by atoms with van der Waals surface area (Å²) in [6.45, 7) is 1.82. The highest BCUT2D eigenvalue weighted by Gasteiger charge is 2.14. The van der Waals surface area contributed by atoms with Crippen molar-refractivity contribution in [1.82, 2.24) is 30.1 Å². The maximum atomic E-state index is 11.9. The van der Waals surface area contributed by atoms with E-state index in [1.807, 2.05) is 13.0 Å². The first-order chi connectivity index (χ1) is 11.1. The van der Waals surface area contributed by atoms with E-state index in [1.54, 1.807) is 18.5 Å². The predicted molar refractivity (Wildman–Crippen MR) is 87.4 cm³/mol. The van der Waals surface area contributed by atoms with Crippen LogP contribution >= 0.6 is 23.1 Å². The van der Waals surface area contributed by atoms with E-state index in [2.05, 4.69) is 30.7 Å². The lowest BCUT2D eigenvalue weighted by Gasteiger charge is -2.03. The molecule has 0 aliphatic rings. The molecule has 9 nitrogen and oxygen atoms in total. The Morgan fingerprint density at radius 3 is 2.96 bits per heavy atom. The van der Waals surface area contributed by atoms with E-state index in [9.17, 15) is 4.79 Å². The van der Waals surface area contributed by atoms with Crippen molar-refractivity contribution in [2.24, 2.45) is 0 Å². The number of nitrogens with zero attached hydrogens (tertiary/aromatic N) is 6. The van der Waals surface area contributed by atoms with Crippen LogP contribution in [0.5, 0.6) is 0 Å². The Balaban J connectivity index is 1.63. The Bertz CT molecular complexity index is 816. The van der Waals surface area contributed by atoms with Crippen LogP contribution in [-0.2, 0) is 4.79 Å². The second kappa shape index (κ2) is 6.71. The van der Waals surface area contributed by atoms with E-state index < -0.39 is 0 Å². The van der Waals surface area contributed by atoms with Gasteiger partial charge in [0.15, 0.2) is 5.82 Å². The molecule has 0 spiro atoms. The summed E-state index contributed by atoms with van der Waals surface area (Å²) in [4.78, 5) is 15.9. The summed E-state index contributed by atoms with van der Waals surface area (Å²) in [5.41, 5.74) is 0.753. The van der Waals surface area contributed by atoms with Gasteiger partial charge in [-0.1, -0.05) is 23.1 Å². The summed E-state index contributed by atoms with van der Waals surface area (Å²) in [5.74, 6) is 6.38. The van der Waals surface area contributed by atoms with Gasteiger partial charge in [-0.2, -0.15) is 0 Å². The molecule has 3 aromatic heterocycles. The third-order valence-electron chi connectivity index (χ3n) is 2.69. The lowest BCUT2D eigenvalue weighted by molar-refractivity contribution is -0.113. The molecule has 0 fully saturated rings. The summed E-state index contributed by atoms with van der Waals surface area (Å²) < 4.78 is 1.34. The number of rotatable bonds is 5. The minimum Gasteiger partial charge on any atom is -0.335 e. The van der Waals surface area contributed by atoms with Gasteiger partial charge in [0, 0.05) is 18.0 Å². The van der Waals surface area contributed by atoms with Gasteiger partial charge in [0.1, 0.15) is 5.01 Å². The van der Waals surface area contributed by atoms with Crippen molar-refractivity contribution in [1.29, 1.82) is 0 Å². The number of aromatic nitrogens is 6.